The fourth-order valence-electron chi connectivity index (χ4n) is 2.57. The number of allylic oxidation sites excluding steroid dienone is 8. The standard InChI is InChI=1S/C20H32O2.C6H14N4O2/c1-2-3-4-5-6-7-8-9-10-11-12-13-14-15-16-17-18-19-20(21)22;7-4(5(11)12)2-1-3-10-6(8)9/h6-7,9-10,12-13,15-16H,2-5,8,11,14,17-19H2,1H3,(H,21,22);4H,1-3,7H2,(H,11,12)(H4,8,9,10)/b7-6-,10-9-,13-12-,16-15-;/t;4-/m.0/s1. The van der Waals surface area contributed by atoms with Crippen LogP contribution in [0.4, 0.5) is 0 Å². The molecule has 194 valence electrons. The van der Waals surface area contributed by atoms with Crippen LogP contribution in [0.5, 0.6) is 0 Å². The van der Waals surface area contributed by atoms with Crippen LogP contribution < -0.4 is 17.2 Å². The van der Waals surface area contributed by atoms with Crippen molar-refractivity contribution in [3.05, 3.63) is 48.6 Å². The summed E-state index contributed by atoms with van der Waals surface area (Å²) in [5.74, 6) is -1.70. The van der Waals surface area contributed by atoms with Crippen LogP contribution in [-0.2, 0) is 9.59 Å². The third kappa shape index (κ3) is 31.3. The molecule has 0 aromatic rings. The Morgan fingerprint density at radius 2 is 1.29 bits per heavy atom. The minimum atomic E-state index is -1.00. The molecule has 34 heavy (non-hydrogen) atoms. The molecule has 0 fully saturated rings. The normalized spacial score (nSPS) is 12.3. The van der Waals surface area contributed by atoms with E-state index < -0.39 is 18.0 Å². The number of aliphatic carboxylic acids is 2. The average Bonchev–Trinajstić information content (AvgIpc) is 2.78. The van der Waals surface area contributed by atoms with Gasteiger partial charge in [0.2, 0.25) is 0 Å². The molecule has 0 saturated carbocycles. The average molecular weight is 479 g/mol. The van der Waals surface area contributed by atoms with Gasteiger partial charge in [-0.3, -0.25) is 14.6 Å². The molecule has 0 heterocycles. The highest BCUT2D eigenvalue weighted by Gasteiger charge is 2.09. The number of carboxylic acid groups (broad SMARTS) is 2. The van der Waals surface area contributed by atoms with Gasteiger partial charge in [0.15, 0.2) is 5.96 Å². The highest BCUT2D eigenvalue weighted by atomic mass is 16.4. The van der Waals surface area contributed by atoms with Crippen LogP contribution in [-0.4, -0.2) is 40.7 Å². The van der Waals surface area contributed by atoms with Gasteiger partial charge >= 0.3 is 11.9 Å². The first-order valence-electron chi connectivity index (χ1n) is 12.2. The van der Waals surface area contributed by atoms with Crippen molar-refractivity contribution >= 4 is 17.9 Å². The summed E-state index contributed by atoms with van der Waals surface area (Å²) in [4.78, 5) is 24.2. The zero-order valence-corrected chi connectivity index (χ0v) is 20.8. The van der Waals surface area contributed by atoms with Gasteiger partial charge in [-0.2, -0.15) is 0 Å². The van der Waals surface area contributed by atoms with Gasteiger partial charge in [0, 0.05) is 13.0 Å². The molecule has 0 aromatic carbocycles. The monoisotopic (exact) mass is 478 g/mol. The predicted octanol–water partition coefficient (Wildman–Crippen LogP) is 4.67. The summed E-state index contributed by atoms with van der Waals surface area (Å²) < 4.78 is 0. The minimum absolute atomic E-state index is 0.0129. The van der Waals surface area contributed by atoms with Crippen molar-refractivity contribution in [1.29, 1.82) is 0 Å². The number of guanidine groups is 1. The number of unbranched alkanes of at least 4 members (excludes halogenated alkanes) is 4. The molecule has 0 aliphatic heterocycles. The highest BCUT2D eigenvalue weighted by Crippen LogP contribution is 2.01. The lowest BCUT2D eigenvalue weighted by molar-refractivity contribution is -0.139. The molecule has 0 aliphatic rings. The van der Waals surface area contributed by atoms with E-state index in [0.29, 0.717) is 19.4 Å². The lowest BCUT2D eigenvalue weighted by atomic mass is 10.2. The predicted molar refractivity (Wildman–Crippen MR) is 142 cm³/mol. The molecular formula is C26H46N4O4. The van der Waals surface area contributed by atoms with Crippen LogP contribution in [0.25, 0.3) is 0 Å². The number of hydrogen-bond acceptors (Lipinski definition) is 4. The smallest absolute Gasteiger partial charge is 0.320 e. The Hall–Kier alpha value is -2.87. The number of hydrogen-bond donors (Lipinski definition) is 5. The van der Waals surface area contributed by atoms with Crippen LogP contribution in [0.2, 0.25) is 0 Å². The Bertz CT molecular complexity index is 651. The second-order valence-corrected chi connectivity index (χ2v) is 7.77. The Balaban J connectivity index is 0. The van der Waals surface area contributed by atoms with Gasteiger partial charge < -0.3 is 27.4 Å². The summed E-state index contributed by atoms with van der Waals surface area (Å²) in [6.07, 6.45) is 28.3. The molecule has 0 aromatic heterocycles. The van der Waals surface area contributed by atoms with E-state index in [1.54, 1.807) is 0 Å². The molecule has 1 atom stereocenters. The maximum atomic E-state index is 10.3. The lowest BCUT2D eigenvalue weighted by Crippen LogP contribution is -2.30. The molecule has 0 radical (unpaired) electrons. The Kier molecular flexibility index (Phi) is 25.8. The van der Waals surface area contributed by atoms with E-state index in [9.17, 15) is 9.59 Å². The zero-order valence-electron chi connectivity index (χ0n) is 20.8. The van der Waals surface area contributed by atoms with Crippen molar-refractivity contribution in [2.24, 2.45) is 22.2 Å². The summed E-state index contributed by atoms with van der Waals surface area (Å²) in [5, 5.41) is 16.9. The van der Waals surface area contributed by atoms with Gasteiger partial charge in [-0.05, 0) is 57.8 Å². The van der Waals surface area contributed by atoms with E-state index in [2.05, 4.69) is 60.5 Å². The zero-order chi connectivity index (χ0) is 25.9. The van der Waals surface area contributed by atoms with Gasteiger partial charge in [0.1, 0.15) is 6.04 Å². The fourth-order valence-corrected chi connectivity index (χ4v) is 2.57. The van der Waals surface area contributed by atoms with Crippen LogP contribution >= 0.6 is 0 Å². The van der Waals surface area contributed by atoms with Crippen molar-refractivity contribution in [2.75, 3.05) is 6.54 Å². The summed E-state index contributed by atoms with van der Waals surface area (Å²) in [5.41, 5.74) is 15.3. The summed E-state index contributed by atoms with van der Waals surface area (Å²) in [7, 11) is 0. The first-order chi connectivity index (χ1) is 16.3. The van der Waals surface area contributed by atoms with Crippen LogP contribution in [0.3, 0.4) is 0 Å². The van der Waals surface area contributed by atoms with Crippen molar-refractivity contribution in [1.82, 2.24) is 0 Å². The van der Waals surface area contributed by atoms with E-state index in [1.807, 2.05) is 0 Å². The van der Waals surface area contributed by atoms with E-state index >= 15 is 0 Å². The molecule has 0 spiro atoms. The molecule has 8 heteroatoms. The van der Waals surface area contributed by atoms with Crippen molar-refractivity contribution in [3.63, 3.8) is 0 Å². The first kappa shape index (κ1) is 33.3. The number of rotatable bonds is 19. The fraction of sp³-hybridized carbons (Fsp3) is 0.577. The van der Waals surface area contributed by atoms with Crippen LogP contribution in [0, 0.1) is 0 Å². The van der Waals surface area contributed by atoms with Crippen LogP contribution in [0.1, 0.15) is 84.0 Å². The third-order valence-corrected chi connectivity index (χ3v) is 4.50. The molecule has 0 rings (SSSR count). The summed E-state index contributed by atoms with van der Waals surface area (Å²) in [6.45, 7) is 2.65. The molecule has 0 bridgehead atoms. The van der Waals surface area contributed by atoms with Gasteiger partial charge in [-0.1, -0.05) is 68.4 Å². The number of nitrogens with two attached hydrogens (primary N) is 3. The summed E-state index contributed by atoms with van der Waals surface area (Å²) in [6, 6.07) is -0.820. The van der Waals surface area contributed by atoms with Crippen LogP contribution in [0.15, 0.2) is 53.6 Å². The number of nitrogens with zero attached hydrogens (tertiary/aromatic N) is 1. The first-order valence-corrected chi connectivity index (χ1v) is 12.2. The summed E-state index contributed by atoms with van der Waals surface area (Å²) >= 11 is 0. The maximum absolute atomic E-state index is 10.3. The lowest BCUT2D eigenvalue weighted by Gasteiger charge is -2.03. The molecule has 0 saturated heterocycles. The molecular weight excluding hydrogens is 432 g/mol. The molecule has 0 aliphatic carbocycles. The van der Waals surface area contributed by atoms with E-state index in [1.165, 1.54) is 25.7 Å². The second-order valence-electron chi connectivity index (χ2n) is 7.77. The second kappa shape index (κ2) is 26.4. The van der Waals surface area contributed by atoms with E-state index in [4.69, 9.17) is 27.4 Å². The molecule has 8 nitrogen and oxygen atoms in total. The highest BCUT2D eigenvalue weighted by molar-refractivity contribution is 5.75. The number of carboxylic acids is 2. The molecule has 0 amide bonds. The van der Waals surface area contributed by atoms with Gasteiger partial charge in [0.25, 0.3) is 0 Å². The Morgan fingerprint density at radius 3 is 1.74 bits per heavy atom. The topological polar surface area (TPSA) is 165 Å². The maximum Gasteiger partial charge on any atom is 0.320 e. The minimum Gasteiger partial charge on any atom is -0.481 e. The molecule has 8 N–H and O–H groups in total. The molecule has 0 unspecified atom stereocenters. The third-order valence-electron chi connectivity index (χ3n) is 4.50. The van der Waals surface area contributed by atoms with E-state index in [-0.39, 0.29) is 12.4 Å². The van der Waals surface area contributed by atoms with Crippen molar-refractivity contribution < 1.29 is 19.8 Å². The number of aliphatic imine (C=N–C) groups is 1. The van der Waals surface area contributed by atoms with Gasteiger partial charge in [-0.15, -0.1) is 0 Å². The Labute approximate surface area is 205 Å². The van der Waals surface area contributed by atoms with Gasteiger partial charge in [0.05, 0.1) is 0 Å². The Morgan fingerprint density at radius 1 is 0.794 bits per heavy atom. The van der Waals surface area contributed by atoms with Gasteiger partial charge in [-0.25, -0.2) is 0 Å². The van der Waals surface area contributed by atoms with Crippen molar-refractivity contribution in [2.45, 2.75) is 90.0 Å². The van der Waals surface area contributed by atoms with Crippen molar-refractivity contribution in [3.8, 4) is 0 Å². The number of carbonyl (C=O) groups is 2. The quantitative estimate of drug-likeness (QED) is 0.0778. The van der Waals surface area contributed by atoms with E-state index in [0.717, 1.165) is 32.1 Å². The largest absolute Gasteiger partial charge is 0.481 e. The SMILES string of the molecule is CCCCC/C=C\C/C=C\C/C=C\C/C=C\CCCC(=O)O.NC(N)=NCCC[C@H](N)C(=O)O.